The van der Waals surface area contributed by atoms with Crippen molar-refractivity contribution in [2.75, 3.05) is 0 Å². The maximum atomic E-state index is 12.0. The quantitative estimate of drug-likeness (QED) is 0.737. The fourth-order valence-corrected chi connectivity index (χ4v) is 6.33. The number of fused-ring (bicyclic) bond motifs is 5. The molecule has 21 heavy (non-hydrogen) atoms. The topological polar surface area (TPSA) is 37.3 Å². The Balaban J connectivity index is 1.63. The molecular formula is C19H28O2. The fraction of sp³-hybridized carbons (Fsp3) is 0.842. The summed E-state index contributed by atoms with van der Waals surface area (Å²) >= 11 is 0. The van der Waals surface area contributed by atoms with Gasteiger partial charge in [0.25, 0.3) is 0 Å². The van der Waals surface area contributed by atoms with Gasteiger partial charge in [-0.1, -0.05) is 19.4 Å². The van der Waals surface area contributed by atoms with Gasteiger partial charge in [0, 0.05) is 5.92 Å². The van der Waals surface area contributed by atoms with Gasteiger partial charge in [-0.2, -0.15) is 0 Å². The molecule has 0 bridgehead atoms. The van der Waals surface area contributed by atoms with Crippen molar-refractivity contribution in [3.05, 3.63) is 11.6 Å². The first-order valence-corrected chi connectivity index (χ1v) is 8.93. The van der Waals surface area contributed by atoms with E-state index in [0.717, 1.165) is 37.0 Å². The number of carbonyl (C=O) groups is 1. The summed E-state index contributed by atoms with van der Waals surface area (Å²) < 4.78 is 0. The smallest absolute Gasteiger partial charge is 0.158 e. The summed E-state index contributed by atoms with van der Waals surface area (Å²) in [5.74, 6) is 3.54. The zero-order chi connectivity index (χ0) is 14.8. The van der Waals surface area contributed by atoms with Crippen LogP contribution in [0.25, 0.3) is 0 Å². The molecule has 2 heteroatoms. The first-order valence-electron chi connectivity index (χ1n) is 8.93. The van der Waals surface area contributed by atoms with Gasteiger partial charge in [0.1, 0.15) is 0 Å². The number of rotatable bonds is 0. The SMILES string of the molecule is C[C@@H]1C[C@@H]2C(=CC1=O)CC[C@@H]1[C@@H]2CC[C@@]2(C)[C@@H]1CC[C@@H]2O. The van der Waals surface area contributed by atoms with Crippen LogP contribution >= 0.6 is 0 Å². The average Bonchev–Trinajstić information content (AvgIpc) is 2.76. The molecule has 1 N–H and O–H groups in total. The Morgan fingerprint density at radius 3 is 2.81 bits per heavy atom. The van der Waals surface area contributed by atoms with Crippen molar-refractivity contribution < 1.29 is 9.90 Å². The second kappa shape index (κ2) is 4.68. The molecule has 0 heterocycles. The lowest BCUT2D eigenvalue weighted by molar-refractivity contribution is -0.119. The number of aliphatic hydroxyl groups is 1. The summed E-state index contributed by atoms with van der Waals surface area (Å²) in [6.45, 7) is 4.44. The predicted molar refractivity (Wildman–Crippen MR) is 82.6 cm³/mol. The molecule has 0 aromatic carbocycles. The highest BCUT2D eigenvalue weighted by Gasteiger charge is 2.56. The van der Waals surface area contributed by atoms with Crippen LogP contribution in [0.4, 0.5) is 0 Å². The first-order chi connectivity index (χ1) is 10.0. The summed E-state index contributed by atoms with van der Waals surface area (Å²) in [4.78, 5) is 12.0. The van der Waals surface area contributed by atoms with Gasteiger partial charge in [-0.05, 0) is 80.1 Å². The summed E-state index contributed by atoms with van der Waals surface area (Å²) in [7, 11) is 0. The summed E-state index contributed by atoms with van der Waals surface area (Å²) in [5, 5.41) is 10.4. The molecule has 4 rings (SSSR count). The van der Waals surface area contributed by atoms with Gasteiger partial charge in [-0.15, -0.1) is 0 Å². The maximum Gasteiger partial charge on any atom is 0.158 e. The van der Waals surface area contributed by atoms with Crippen molar-refractivity contribution in [3.8, 4) is 0 Å². The van der Waals surface area contributed by atoms with Gasteiger partial charge in [-0.25, -0.2) is 0 Å². The molecule has 0 spiro atoms. The van der Waals surface area contributed by atoms with Crippen LogP contribution in [0.5, 0.6) is 0 Å². The van der Waals surface area contributed by atoms with E-state index in [2.05, 4.69) is 13.8 Å². The van der Waals surface area contributed by atoms with Crippen LogP contribution < -0.4 is 0 Å². The number of ketones is 1. The molecule has 0 aromatic heterocycles. The molecule has 3 saturated carbocycles. The zero-order valence-corrected chi connectivity index (χ0v) is 13.3. The van der Waals surface area contributed by atoms with Crippen LogP contribution in [0, 0.1) is 35.0 Å². The van der Waals surface area contributed by atoms with Crippen molar-refractivity contribution in [1.82, 2.24) is 0 Å². The average molecular weight is 288 g/mol. The van der Waals surface area contributed by atoms with Crippen molar-refractivity contribution in [2.45, 2.75) is 64.9 Å². The van der Waals surface area contributed by atoms with Crippen molar-refractivity contribution in [3.63, 3.8) is 0 Å². The lowest BCUT2D eigenvalue weighted by Crippen LogP contribution is -2.48. The molecule has 4 aliphatic carbocycles. The predicted octanol–water partition coefficient (Wildman–Crippen LogP) is 3.74. The lowest BCUT2D eigenvalue weighted by atomic mass is 9.51. The number of allylic oxidation sites excluding steroid dienone is 1. The Labute approximate surface area is 128 Å². The van der Waals surface area contributed by atoms with E-state index in [1.165, 1.54) is 31.3 Å². The molecular weight excluding hydrogens is 260 g/mol. The highest BCUT2D eigenvalue weighted by atomic mass is 16.3. The van der Waals surface area contributed by atoms with Crippen LogP contribution in [0.3, 0.4) is 0 Å². The Hall–Kier alpha value is -0.630. The Kier molecular flexibility index (Phi) is 3.12. The number of hydrogen-bond donors (Lipinski definition) is 1. The van der Waals surface area contributed by atoms with Gasteiger partial charge in [-0.3, -0.25) is 4.79 Å². The molecule has 0 amide bonds. The van der Waals surface area contributed by atoms with E-state index in [1.807, 2.05) is 6.08 Å². The molecule has 7 atom stereocenters. The summed E-state index contributed by atoms with van der Waals surface area (Å²) in [6.07, 6.45) is 10.1. The zero-order valence-electron chi connectivity index (χ0n) is 13.3. The van der Waals surface area contributed by atoms with Crippen LogP contribution in [0.2, 0.25) is 0 Å². The second-order valence-corrected chi connectivity index (χ2v) is 8.48. The lowest BCUT2D eigenvalue weighted by Gasteiger charge is -2.53. The van der Waals surface area contributed by atoms with Crippen molar-refractivity contribution in [2.24, 2.45) is 35.0 Å². The largest absolute Gasteiger partial charge is 0.393 e. The van der Waals surface area contributed by atoms with E-state index in [1.54, 1.807) is 0 Å². The van der Waals surface area contributed by atoms with E-state index >= 15 is 0 Å². The molecule has 0 aromatic rings. The van der Waals surface area contributed by atoms with Gasteiger partial charge in [0.2, 0.25) is 0 Å². The molecule has 0 radical (unpaired) electrons. The number of carbonyl (C=O) groups excluding carboxylic acids is 1. The van der Waals surface area contributed by atoms with E-state index < -0.39 is 0 Å². The molecule has 0 aliphatic heterocycles. The van der Waals surface area contributed by atoms with Gasteiger partial charge < -0.3 is 5.11 Å². The van der Waals surface area contributed by atoms with Crippen LogP contribution in [-0.4, -0.2) is 17.0 Å². The van der Waals surface area contributed by atoms with Gasteiger partial charge in [0.15, 0.2) is 5.78 Å². The van der Waals surface area contributed by atoms with E-state index in [0.29, 0.717) is 11.7 Å². The van der Waals surface area contributed by atoms with E-state index in [-0.39, 0.29) is 17.4 Å². The summed E-state index contributed by atoms with van der Waals surface area (Å²) in [6, 6.07) is 0. The standard InChI is InChI=1S/C19H28O2/c1-11-9-15-12(10-17(11)20)3-4-14-13(15)7-8-19(2)16(14)5-6-18(19)21/h10-11,13-16,18,21H,3-9H2,1-2H3/t11-,13+,14-,15-,16-,18+,19+/m1/s1. The van der Waals surface area contributed by atoms with Gasteiger partial charge in [0.05, 0.1) is 6.10 Å². The minimum absolute atomic E-state index is 0.0766. The molecule has 2 nitrogen and oxygen atoms in total. The maximum absolute atomic E-state index is 12.0. The third-order valence-corrected chi connectivity index (χ3v) is 7.62. The van der Waals surface area contributed by atoms with Crippen LogP contribution in [0.1, 0.15) is 58.8 Å². The van der Waals surface area contributed by atoms with E-state index in [4.69, 9.17) is 0 Å². The monoisotopic (exact) mass is 288 g/mol. The Morgan fingerprint density at radius 2 is 2.00 bits per heavy atom. The van der Waals surface area contributed by atoms with Crippen LogP contribution in [-0.2, 0) is 4.79 Å². The molecule has 3 fully saturated rings. The molecule has 116 valence electrons. The van der Waals surface area contributed by atoms with Crippen molar-refractivity contribution in [1.29, 1.82) is 0 Å². The molecule has 0 saturated heterocycles. The minimum Gasteiger partial charge on any atom is -0.393 e. The minimum atomic E-state index is -0.0766. The first kappa shape index (κ1) is 14.0. The fourth-order valence-electron chi connectivity index (χ4n) is 6.33. The number of aliphatic hydroxyl groups excluding tert-OH is 1. The summed E-state index contributed by atoms with van der Waals surface area (Å²) in [5.41, 5.74) is 1.64. The normalized spacial score (nSPS) is 52.7. The third kappa shape index (κ3) is 1.91. The second-order valence-electron chi connectivity index (χ2n) is 8.48. The Morgan fingerprint density at radius 1 is 1.19 bits per heavy atom. The van der Waals surface area contributed by atoms with Crippen molar-refractivity contribution >= 4 is 5.78 Å². The Bertz CT molecular complexity index is 494. The molecule has 4 aliphatic rings. The third-order valence-electron chi connectivity index (χ3n) is 7.62. The highest BCUT2D eigenvalue weighted by molar-refractivity contribution is 5.93. The number of hydrogen-bond acceptors (Lipinski definition) is 2. The van der Waals surface area contributed by atoms with E-state index in [9.17, 15) is 9.90 Å². The molecule has 0 unspecified atom stereocenters. The van der Waals surface area contributed by atoms with Gasteiger partial charge >= 0.3 is 0 Å². The highest BCUT2D eigenvalue weighted by Crippen LogP contribution is 2.61. The van der Waals surface area contributed by atoms with Crippen LogP contribution in [0.15, 0.2) is 11.6 Å².